The van der Waals surface area contributed by atoms with E-state index in [1.807, 2.05) is 0 Å². The van der Waals surface area contributed by atoms with Crippen LogP contribution in [-0.4, -0.2) is 61.6 Å². The fraction of sp³-hybridized carbons (Fsp3) is 1.00. The fourth-order valence-electron chi connectivity index (χ4n) is 2.01. The van der Waals surface area contributed by atoms with Crippen LogP contribution >= 0.6 is 0 Å². The lowest BCUT2D eigenvalue weighted by Crippen LogP contribution is -2.50. The quantitative estimate of drug-likeness (QED) is 0.612. The molecule has 0 atom stereocenters. The number of hydrogen-bond donors (Lipinski definition) is 0. The predicted molar refractivity (Wildman–Crippen MR) is 86.4 cm³/mol. The minimum atomic E-state index is -2.47. The van der Waals surface area contributed by atoms with Gasteiger partial charge in [0, 0.05) is 38.6 Å². The summed E-state index contributed by atoms with van der Waals surface area (Å²) in [5.74, 6) is 0. The SMILES string of the molecule is CCN(CC[Si](OC)(OC)OC[SiH](C)C)C(C)(C)C. The lowest BCUT2D eigenvalue weighted by molar-refractivity contribution is 0.0983. The molecule has 6 heteroatoms. The predicted octanol–water partition coefficient (Wildman–Crippen LogP) is 2.38. The third kappa shape index (κ3) is 7.01. The van der Waals surface area contributed by atoms with Crippen molar-refractivity contribution in [1.29, 1.82) is 0 Å². The summed E-state index contributed by atoms with van der Waals surface area (Å²) in [6.07, 6.45) is 0.829. The van der Waals surface area contributed by atoms with Crippen molar-refractivity contribution >= 4 is 17.6 Å². The average molecular weight is 308 g/mol. The first kappa shape index (κ1) is 19.3. The van der Waals surface area contributed by atoms with Crippen LogP contribution in [0.15, 0.2) is 0 Å². The molecule has 4 nitrogen and oxygen atoms in total. The van der Waals surface area contributed by atoms with E-state index >= 15 is 0 Å². The highest BCUT2D eigenvalue weighted by atomic mass is 28.4. The molecule has 0 bridgehead atoms. The Bertz CT molecular complexity index is 241. The summed E-state index contributed by atoms with van der Waals surface area (Å²) in [5.41, 5.74) is 0.170. The number of nitrogens with zero attached hydrogens (tertiary/aromatic N) is 1. The van der Waals surface area contributed by atoms with E-state index in [1.165, 1.54) is 0 Å². The lowest BCUT2D eigenvalue weighted by atomic mass is 10.1. The topological polar surface area (TPSA) is 30.9 Å². The summed E-state index contributed by atoms with van der Waals surface area (Å²) in [5, 5.41) is 0. The van der Waals surface area contributed by atoms with Gasteiger partial charge in [0.2, 0.25) is 0 Å². The molecule has 0 heterocycles. The van der Waals surface area contributed by atoms with Gasteiger partial charge in [-0.05, 0) is 27.3 Å². The Morgan fingerprint density at radius 1 is 1.11 bits per heavy atom. The summed E-state index contributed by atoms with van der Waals surface area (Å²) < 4.78 is 17.3. The highest BCUT2D eigenvalue weighted by molar-refractivity contribution is 6.63. The van der Waals surface area contributed by atoms with Gasteiger partial charge in [0.25, 0.3) is 0 Å². The van der Waals surface area contributed by atoms with Crippen LogP contribution in [0, 0.1) is 0 Å². The molecule has 0 aliphatic rings. The highest BCUT2D eigenvalue weighted by Crippen LogP contribution is 2.19. The second kappa shape index (κ2) is 8.54. The molecule has 0 aromatic heterocycles. The smallest absolute Gasteiger partial charge is 0.377 e. The van der Waals surface area contributed by atoms with E-state index in [1.54, 1.807) is 14.2 Å². The van der Waals surface area contributed by atoms with Crippen molar-refractivity contribution in [2.24, 2.45) is 0 Å². The van der Waals surface area contributed by atoms with Crippen LogP contribution in [0.4, 0.5) is 0 Å². The van der Waals surface area contributed by atoms with Crippen LogP contribution in [-0.2, 0) is 13.3 Å². The maximum absolute atomic E-state index is 6.03. The first-order valence-electron chi connectivity index (χ1n) is 7.20. The Hall–Kier alpha value is 0.274. The van der Waals surface area contributed by atoms with Crippen LogP contribution in [0.25, 0.3) is 0 Å². The second-order valence-corrected chi connectivity index (χ2v) is 12.4. The zero-order chi connectivity index (χ0) is 15.1. The summed E-state index contributed by atoms with van der Waals surface area (Å²) in [6, 6.07) is 0.853. The molecule has 116 valence electrons. The molecule has 0 unspecified atom stereocenters. The minimum Gasteiger partial charge on any atom is -0.377 e. The van der Waals surface area contributed by atoms with Crippen molar-refractivity contribution in [3.05, 3.63) is 0 Å². The molecule has 0 saturated heterocycles. The van der Waals surface area contributed by atoms with Gasteiger partial charge >= 0.3 is 8.80 Å². The third-order valence-corrected chi connectivity index (χ3v) is 7.13. The van der Waals surface area contributed by atoms with Gasteiger partial charge in [-0.2, -0.15) is 0 Å². The zero-order valence-corrected chi connectivity index (χ0v) is 16.2. The standard InChI is InChI=1S/C13H33NO3Si2/c1-9-14(13(2,3)4)10-11-19(15-5,16-6)17-12-18(7)8/h18H,9-12H2,1-8H3. The van der Waals surface area contributed by atoms with Crippen LogP contribution in [0.1, 0.15) is 27.7 Å². The Morgan fingerprint density at radius 3 is 1.95 bits per heavy atom. The number of rotatable bonds is 9. The Morgan fingerprint density at radius 2 is 1.63 bits per heavy atom. The summed E-state index contributed by atoms with van der Waals surface area (Å²) in [6.45, 7) is 15.4. The van der Waals surface area contributed by atoms with E-state index in [4.69, 9.17) is 13.3 Å². The van der Waals surface area contributed by atoms with Crippen LogP contribution in [0.3, 0.4) is 0 Å². The number of hydrogen-bond acceptors (Lipinski definition) is 4. The van der Waals surface area contributed by atoms with Crippen molar-refractivity contribution in [2.75, 3.05) is 33.5 Å². The maximum Gasteiger partial charge on any atom is 0.501 e. The maximum atomic E-state index is 6.03. The van der Waals surface area contributed by atoms with Crippen LogP contribution in [0.5, 0.6) is 0 Å². The van der Waals surface area contributed by atoms with Gasteiger partial charge in [-0.15, -0.1) is 0 Å². The van der Waals surface area contributed by atoms with Crippen molar-refractivity contribution in [3.8, 4) is 0 Å². The van der Waals surface area contributed by atoms with Gasteiger partial charge < -0.3 is 13.3 Å². The molecule has 0 saturated carbocycles. The largest absolute Gasteiger partial charge is 0.501 e. The van der Waals surface area contributed by atoms with E-state index in [0.717, 1.165) is 25.4 Å². The molecule has 0 radical (unpaired) electrons. The van der Waals surface area contributed by atoms with Crippen molar-refractivity contribution < 1.29 is 13.3 Å². The molecule has 0 amide bonds. The fourth-order valence-corrected chi connectivity index (χ4v) is 5.86. The lowest BCUT2D eigenvalue weighted by Gasteiger charge is -2.37. The highest BCUT2D eigenvalue weighted by Gasteiger charge is 2.40. The third-order valence-electron chi connectivity index (χ3n) is 3.28. The zero-order valence-electron chi connectivity index (χ0n) is 14.1. The molecule has 0 aliphatic heterocycles. The van der Waals surface area contributed by atoms with Crippen LogP contribution in [0.2, 0.25) is 19.1 Å². The van der Waals surface area contributed by atoms with Gasteiger partial charge in [-0.1, -0.05) is 20.0 Å². The Kier molecular flexibility index (Phi) is 8.66. The molecule has 0 aliphatic carbocycles. The van der Waals surface area contributed by atoms with E-state index < -0.39 is 17.6 Å². The molecule has 0 N–H and O–H groups in total. The molecule has 0 aromatic carbocycles. The molecule has 0 aromatic rings. The van der Waals surface area contributed by atoms with Crippen LogP contribution < -0.4 is 0 Å². The summed E-state index contributed by atoms with van der Waals surface area (Å²) >= 11 is 0. The first-order valence-corrected chi connectivity index (χ1v) is 12.3. The average Bonchev–Trinajstić information content (AvgIpc) is 2.32. The van der Waals surface area contributed by atoms with Gasteiger partial charge in [0.05, 0.1) is 8.80 Å². The first-order chi connectivity index (χ1) is 8.70. The second-order valence-electron chi connectivity index (χ2n) is 6.30. The Labute approximate surface area is 122 Å². The molecule has 0 fully saturated rings. The molecular formula is C13H33NO3Si2. The molecular weight excluding hydrogens is 274 g/mol. The molecule has 0 rings (SSSR count). The van der Waals surface area contributed by atoms with E-state index in [0.29, 0.717) is 0 Å². The Balaban J connectivity index is 4.57. The molecule has 0 spiro atoms. The van der Waals surface area contributed by atoms with Gasteiger partial charge in [0.1, 0.15) is 0 Å². The normalized spacial score (nSPS) is 13.6. The van der Waals surface area contributed by atoms with Gasteiger partial charge in [-0.25, -0.2) is 0 Å². The van der Waals surface area contributed by atoms with Crippen molar-refractivity contribution in [3.63, 3.8) is 0 Å². The van der Waals surface area contributed by atoms with Gasteiger partial charge in [0.15, 0.2) is 0 Å². The van der Waals surface area contributed by atoms with Crippen molar-refractivity contribution in [1.82, 2.24) is 4.90 Å². The van der Waals surface area contributed by atoms with E-state index in [-0.39, 0.29) is 5.54 Å². The minimum absolute atomic E-state index is 0.170. The summed E-state index contributed by atoms with van der Waals surface area (Å²) in [7, 11) is 0.206. The van der Waals surface area contributed by atoms with E-state index in [9.17, 15) is 0 Å². The van der Waals surface area contributed by atoms with Crippen molar-refractivity contribution in [2.45, 2.75) is 52.4 Å². The van der Waals surface area contributed by atoms with Gasteiger partial charge in [-0.3, -0.25) is 4.90 Å². The van der Waals surface area contributed by atoms with E-state index in [2.05, 4.69) is 45.7 Å². The molecule has 19 heavy (non-hydrogen) atoms. The summed E-state index contributed by atoms with van der Waals surface area (Å²) in [4.78, 5) is 2.43. The monoisotopic (exact) mass is 307 g/mol.